The molecule has 0 saturated heterocycles. The molecule has 15 heavy (non-hydrogen) atoms. The molecular weight excluding hydrogens is 206 g/mol. The Morgan fingerprint density at radius 2 is 2.20 bits per heavy atom. The molecule has 0 aliphatic rings. The molecule has 1 rings (SSSR count). The van der Waals surface area contributed by atoms with E-state index in [-0.39, 0.29) is 4.75 Å². The zero-order valence-electron chi connectivity index (χ0n) is 9.79. The summed E-state index contributed by atoms with van der Waals surface area (Å²) in [5.41, 5.74) is 7.73. The van der Waals surface area contributed by atoms with Crippen molar-refractivity contribution >= 4 is 23.3 Å². The van der Waals surface area contributed by atoms with E-state index in [9.17, 15) is 0 Å². The molecule has 0 aliphatic heterocycles. The average Bonchev–Trinajstić information content (AvgIpc) is 2.20. The maximum atomic E-state index is 5.92. The summed E-state index contributed by atoms with van der Waals surface area (Å²) in [5, 5.41) is 3.29. The number of aryl methyl sites for hydroxylation is 1. The number of rotatable bonds is 4. The van der Waals surface area contributed by atoms with Gasteiger partial charge in [-0.05, 0) is 38.7 Å². The minimum absolute atomic E-state index is 0.192. The highest BCUT2D eigenvalue weighted by atomic mass is 32.2. The molecule has 4 heteroatoms. The predicted molar refractivity (Wildman–Crippen MR) is 69.5 cm³/mol. The van der Waals surface area contributed by atoms with E-state index < -0.39 is 0 Å². The van der Waals surface area contributed by atoms with Crippen LogP contribution in [0.5, 0.6) is 0 Å². The van der Waals surface area contributed by atoms with Crippen molar-refractivity contribution in [2.24, 2.45) is 0 Å². The first-order valence-electron chi connectivity index (χ1n) is 4.96. The Bertz CT molecular complexity index is 337. The lowest BCUT2D eigenvalue weighted by molar-refractivity contribution is 0.750. The van der Waals surface area contributed by atoms with Crippen LogP contribution in [0.4, 0.5) is 11.5 Å². The number of hydrogen-bond donors (Lipinski definition) is 2. The quantitative estimate of drug-likeness (QED) is 0.826. The maximum Gasteiger partial charge on any atom is 0.149 e. The van der Waals surface area contributed by atoms with Crippen LogP contribution in [0.3, 0.4) is 0 Å². The molecule has 0 radical (unpaired) electrons. The van der Waals surface area contributed by atoms with Gasteiger partial charge >= 0.3 is 0 Å². The summed E-state index contributed by atoms with van der Waals surface area (Å²) in [5.74, 6) is 0.789. The van der Waals surface area contributed by atoms with Crippen molar-refractivity contribution in [3.63, 3.8) is 0 Å². The van der Waals surface area contributed by atoms with Gasteiger partial charge in [0.05, 0.1) is 5.69 Å². The summed E-state index contributed by atoms with van der Waals surface area (Å²) in [6.45, 7) is 7.23. The molecule has 0 aromatic carbocycles. The Morgan fingerprint density at radius 1 is 1.53 bits per heavy atom. The SMILES string of the molecule is CSC(C)(C)CNc1nccc(C)c1N. The number of pyridine rings is 1. The van der Waals surface area contributed by atoms with Crippen LogP contribution in [0.25, 0.3) is 0 Å². The summed E-state index contributed by atoms with van der Waals surface area (Å²) in [4.78, 5) is 4.23. The van der Waals surface area contributed by atoms with Crippen molar-refractivity contribution in [2.75, 3.05) is 23.9 Å². The molecule has 3 N–H and O–H groups in total. The summed E-state index contributed by atoms with van der Waals surface area (Å²) in [6.07, 6.45) is 3.88. The fraction of sp³-hybridized carbons (Fsp3) is 0.545. The van der Waals surface area contributed by atoms with Crippen LogP contribution in [0, 0.1) is 6.92 Å². The van der Waals surface area contributed by atoms with Crippen LogP contribution >= 0.6 is 11.8 Å². The molecule has 0 aliphatic carbocycles. The summed E-state index contributed by atoms with van der Waals surface area (Å²) in [7, 11) is 0. The van der Waals surface area contributed by atoms with E-state index in [2.05, 4.69) is 30.4 Å². The molecule has 0 fully saturated rings. The zero-order valence-corrected chi connectivity index (χ0v) is 10.6. The molecule has 3 nitrogen and oxygen atoms in total. The third kappa shape index (κ3) is 3.30. The third-order valence-electron chi connectivity index (χ3n) is 2.44. The van der Waals surface area contributed by atoms with E-state index in [0.717, 1.165) is 23.6 Å². The standard InChI is InChI=1S/C11H19N3S/c1-8-5-6-13-10(9(8)12)14-7-11(2,3)15-4/h5-6H,7,12H2,1-4H3,(H,13,14). The second-order valence-electron chi connectivity index (χ2n) is 4.21. The van der Waals surface area contributed by atoms with Gasteiger partial charge in [-0.3, -0.25) is 0 Å². The molecule has 0 bridgehead atoms. The van der Waals surface area contributed by atoms with E-state index in [1.165, 1.54) is 0 Å². The van der Waals surface area contributed by atoms with Gasteiger partial charge in [-0.15, -0.1) is 0 Å². The van der Waals surface area contributed by atoms with Gasteiger partial charge in [-0.25, -0.2) is 4.98 Å². The van der Waals surface area contributed by atoms with E-state index in [0.29, 0.717) is 0 Å². The Hall–Kier alpha value is -0.900. The second-order valence-corrected chi connectivity index (χ2v) is 5.72. The molecule has 0 amide bonds. The Labute approximate surface area is 95.9 Å². The number of nitrogens with zero attached hydrogens (tertiary/aromatic N) is 1. The van der Waals surface area contributed by atoms with Crippen LogP contribution in [0.15, 0.2) is 12.3 Å². The minimum atomic E-state index is 0.192. The largest absolute Gasteiger partial charge is 0.396 e. The van der Waals surface area contributed by atoms with Gasteiger partial charge in [-0.2, -0.15) is 11.8 Å². The maximum absolute atomic E-state index is 5.92. The zero-order chi connectivity index (χ0) is 11.5. The molecule has 1 aromatic rings. The Balaban J connectivity index is 2.70. The van der Waals surface area contributed by atoms with E-state index in [4.69, 9.17) is 5.73 Å². The Kier molecular flexibility index (Phi) is 3.85. The van der Waals surface area contributed by atoms with Gasteiger partial charge in [-0.1, -0.05) is 0 Å². The summed E-state index contributed by atoms with van der Waals surface area (Å²) < 4.78 is 0.192. The molecular formula is C11H19N3S. The van der Waals surface area contributed by atoms with Gasteiger partial charge in [0, 0.05) is 17.5 Å². The van der Waals surface area contributed by atoms with Gasteiger partial charge in [0.15, 0.2) is 0 Å². The van der Waals surface area contributed by atoms with Gasteiger partial charge in [0.2, 0.25) is 0 Å². The minimum Gasteiger partial charge on any atom is -0.396 e. The normalized spacial score (nSPS) is 11.5. The van der Waals surface area contributed by atoms with Crippen molar-refractivity contribution in [3.8, 4) is 0 Å². The fourth-order valence-corrected chi connectivity index (χ4v) is 1.30. The van der Waals surface area contributed by atoms with Crippen LogP contribution in [0.2, 0.25) is 0 Å². The van der Waals surface area contributed by atoms with Gasteiger partial charge in [0.25, 0.3) is 0 Å². The van der Waals surface area contributed by atoms with Crippen molar-refractivity contribution in [3.05, 3.63) is 17.8 Å². The van der Waals surface area contributed by atoms with E-state index in [1.807, 2.05) is 24.8 Å². The third-order valence-corrected chi connectivity index (χ3v) is 3.69. The topological polar surface area (TPSA) is 50.9 Å². The number of anilines is 2. The van der Waals surface area contributed by atoms with Crippen molar-refractivity contribution < 1.29 is 0 Å². The Morgan fingerprint density at radius 3 is 2.80 bits per heavy atom. The summed E-state index contributed by atoms with van der Waals surface area (Å²) >= 11 is 1.83. The van der Waals surface area contributed by atoms with Crippen molar-refractivity contribution in [1.29, 1.82) is 0 Å². The predicted octanol–water partition coefficient (Wildman–Crippen LogP) is 2.53. The highest BCUT2D eigenvalue weighted by molar-refractivity contribution is 7.99. The lowest BCUT2D eigenvalue weighted by atomic mass is 10.2. The molecule has 0 unspecified atom stereocenters. The molecule has 1 aromatic heterocycles. The first-order chi connectivity index (χ1) is 6.96. The van der Waals surface area contributed by atoms with Crippen molar-refractivity contribution in [1.82, 2.24) is 4.98 Å². The number of nitrogens with two attached hydrogens (primary N) is 1. The van der Waals surface area contributed by atoms with Gasteiger partial charge in [0.1, 0.15) is 5.82 Å². The molecule has 1 heterocycles. The van der Waals surface area contributed by atoms with Crippen LogP contribution in [0.1, 0.15) is 19.4 Å². The van der Waals surface area contributed by atoms with E-state index in [1.54, 1.807) is 6.20 Å². The lowest BCUT2D eigenvalue weighted by Gasteiger charge is -2.23. The monoisotopic (exact) mass is 225 g/mol. The summed E-state index contributed by atoms with van der Waals surface area (Å²) in [6, 6.07) is 1.92. The van der Waals surface area contributed by atoms with Crippen LogP contribution in [-0.2, 0) is 0 Å². The average molecular weight is 225 g/mol. The first-order valence-corrected chi connectivity index (χ1v) is 6.19. The number of nitrogen functional groups attached to an aromatic ring is 1. The number of hydrogen-bond acceptors (Lipinski definition) is 4. The first kappa shape index (κ1) is 12.2. The van der Waals surface area contributed by atoms with Gasteiger partial charge < -0.3 is 11.1 Å². The number of nitrogens with one attached hydrogen (secondary N) is 1. The molecule has 0 spiro atoms. The lowest BCUT2D eigenvalue weighted by Crippen LogP contribution is -2.26. The molecule has 84 valence electrons. The highest BCUT2D eigenvalue weighted by Crippen LogP contribution is 2.24. The fourth-order valence-electron chi connectivity index (χ4n) is 1.08. The smallest absolute Gasteiger partial charge is 0.149 e. The number of aromatic nitrogens is 1. The molecule has 0 atom stereocenters. The number of thioether (sulfide) groups is 1. The van der Waals surface area contributed by atoms with Crippen LogP contribution in [-0.4, -0.2) is 22.5 Å². The van der Waals surface area contributed by atoms with Crippen LogP contribution < -0.4 is 11.1 Å². The van der Waals surface area contributed by atoms with Crippen molar-refractivity contribution in [2.45, 2.75) is 25.5 Å². The second kappa shape index (κ2) is 4.75. The van der Waals surface area contributed by atoms with E-state index >= 15 is 0 Å². The molecule has 0 saturated carbocycles. The highest BCUT2D eigenvalue weighted by Gasteiger charge is 2.16.